The maximum absolute atomic E-state index is 12.9. The summed E-state index contributed by atoms with van der Waals surface area (Å²) in [5, 5.41) is 2.80. The molecule has 5 heteroatoms. The summed E-state index contributed by atoms with van der Waals surface area (Å²) in [6.45, 7) is 1.83. The molecule has 0 saturated carbocycles. The number of nitrogen functional groups attached to an aromatic ring is 1. The van der Waals surface area contributed by atoms with Gasteiger partial charge in [0.15, 0.2) is 0 Å². The maximum Gasteiger partial charge on any atom is 0.418 e. The van der Waals surface area contributed by atoms with Crippen LogP contribution in [0.1, 0.15) is 11.1 Å². The van der Waals surface area contributed by atoms with Gasteiger partial charge in [0.2, 0.25) is 0 Å². The quantitative estimate of drug-likeness (QED) is 0.793. The Hall–Kier alpha value is -2.17. The monoisotopic (exact) mass is 266 g/mol. The summed E-state index contributed by atoms with van der Waals surface area (Å²) in [4.78, 5) is 0. The topological polar surface area (TPSA) is 38.0 Å². The lowest BCUT2D eigenvalue weighted by Gasteiger charge is -2.16. The molecule has 0 aliphatic rings. The number of nitrogens with two attached hydrogens (primary N) is 1. The molecule has 0 radical (unpaired) electrons. The second-order valence-corrected chi connectivity index (χ2v) is 4.24. The number of para-hydroxylation sites is 1. The predicted octanol–water partition coefficient (Wildman–Crippen LogP) is 4.34. The minimum Gasteiger partial charge on any atom is -0.399 e. The first-order valence-corrected chi connectivity index (χ1v) is 5.67. The van der Waals surface area contributed by atoms with Crippen molar-refractivity contribution in [2.45, 2.75) is 13.1 Å². The minimum absolute atomic E-state index is 0.00370. The van der Waals surface area contributed by atoms with Crippen LogP contribution in [0.4, 0.5) is 30.2 Å². The van der Waals surface area contributed by atoms with Crippen molar-refractivity contribution < 1.29 is 13.2 Å². The Labute approximate surface area is 109 Å². The zero-order chi connectivity index (χ0) is 14.0. The number of alkyl halides is 3. The van der Waals surface area contributed by atoms with Crippen molar-refractivity contribution in [1.29, 1.82) is 0 Å². The van der Waals surface area contributed by atoms with Gasteiger partial charge in [-0.05, 0) is 36.8 Å². The van der Waals surface area contributed by atoms with Crippen molar-refractivity contribution in [2.75, 3.05) is 11.1 Å². The largest absolute Gasteiger partial charge is 0.418 e. The average Bonchev–Trinajstić information content (AvgIpc) is 2.33. The van der Waals surface area contributed by atoms with Crippen LogP contribution in [-0.2, 0) is 6.18 Å². The number of halogens is 3. The number of anilines is 3. The lowest BCUT2D eigenvalue weighted by molar-refractivity contribution is -0.136. The summed E-state index contributed by atoms with van der Waals surface area (Å²) in [7, 11) is 0. The van der Waals surface area contributed by atoms with E-state index < -0.39 is 11.7 Å². The Morgan fingerprint density at radius 1 is 1.00 bits per heavy atom. The second-order valence-electron chi connectivity index (χ2n) is 4.24. The minimum atomic E-state index is -4.44. The van der Waals surface area contributed by atoms with Crippen LogP contribution in [0.3, 0.4) is 0 Å². The molecule has 0 spiro atoms. The number of hydrogen-bond acceptors (Lipinski definition) is 2. The van der Waals surface area contributed by atoms with E-state index in [9.17, 15) is 13.2 Å². The third-order valence-corrected chi connectivity index (χ3v) is 2.76. The summed E-state index contributed by atoms with van der Waals surface area (Å²) in [6, 6.07) is 10.9. The van der Waals surface area contributed by atoms with Gasteiger partial charge in [0, 0.05) is 11.4 Å². The van der Waals surface area contributed by atoms with E-state index in [0.717, 1.165) is 11.6 Å². The molecule has 0 amide bonds. The SMILES string of the molecule is Cc1ccccc1Nc1ccc(N)cc1C(F)(F)F. The zero-order valence-electron chi connectivity index (χ0n) is 10.3. The molecule has 2 aromatic carbocycles. The second kappa shape index (κ2) is 4.84. The van der Waals surface area contributed by atoms with E-state index >= 15 is 0 Å². The van der Waals surface area contributed by atoms with Gasteiger partial charge in [0.1, 0.15) is 0 Å². The van der Waals surface area contributed by atoms with Gasteiger partial charge in [-0.2, -0.15) is 13.2 Å². The fraction of sp³-hybridized carbons (Fsp3) is 0.143. The molecule has 0 unspecified atom stereocenters. The highest BCUT2D eigenvalue weighted by atomic mass is 19.4. The van der Waals surface area contributed by atoms with Gasteiger partial charge in [-0.3, -0.25) is 0 Å². The molecule has 2 rings (SSSR count). The Balaban J connectivity index is 2.44. The first kappa shape index (κ1) is 13.3. The zero-order valence-corrected chi connectivity index (χ0v) is 10.3. The lowest BCUT2D eigenvalue weighted by Crippen LogP contribution is -2.09. The smallest absolute Gasteiger partial charge is 0.399 e. The Morgan fingerprint density at radius 2 is 1.68 bits per heavy atom. The van der Waals surface area contributed by atoms with Gasteiger partial charge >= 0.3 is 6.18 Å². The molecule has 0 aliphatic carbocycles. The summed E-state index contributed by atoms with van der Waals surface area (Å²) in [5.41, 5.74) is 6.24. The van der Waals surface area contributed by atoms with E-state index in [1.165, 1.54) is 12.1 Å². The molecule has 0 atom stereocenters. The van der Waals surface area contributed by atoms with E-state index in [1.54, 1.807) is 12.1 Å². The molecule has 3 N–H and O–H groups in total. The highest BCUT2D eigenvalue weighted by Gasteiger charge is 2.33. The molecular formula is C14H13F3N2. The van der Waals surface area contributed by atoms with Gasteiger partial charge in [-0.1, -0.05) is 18.2 Å². The molecule has 100 valence electrons. The molecule has 0 aromatic heterocycles. The normalized spacial score (nSPS) is 11.4. The number of aryl methyl sites for hydroxylation is 1. The first-order valence-electron chi connectivity index (χ1n) is 5.67. The van der Waals surface area contributed by atoms with Gasteiger partial charge in [0.25, 0.3) is 0 Å². The van der Waals surface area contributed by atoms with Crippen molar-refractivity contribution in [2.24, 2.45) is 0 Å². The highest BCUT2D eigenvalue weighted by Crippen LogP contribution is 2.37. The number of nitrogens with one attached hydrogen (secondary N) is 1. The fourth-order valence-electron chi connectivity index (χ4n) is 1.76. The van der Waals surface area contributed by atoms with E-state index in [1.807, 2.05) is 19.1 Å². The van der Waals surface area contributed by atoms with Crippen molar-refractivity contribution in [1.82, 2.24) is 0 Å². The van der Waals surface area contributed by atoms with Crippen LogP contribution in [0.15, 0.2) is 42.5 Å². The van der Waals surface area contributed by atoms with Crippen molar-refractivity contribution in [3.63, 3.8) is 0 Å². The van der Waals surface area contributed by atoms with E-state index in [2.05, 4.69) is 5.32 Å². The van der Waals surface area contributed by atoms with Gasteiger partial charge in [-0.25, -0.2) is 0 Å². The van der Waals surface area contributed by atoms with Gasteiger partial charge in [-0.15, -0.1) is 0 Å². The fourth-order valence-corrected chi connectivity index (χ4v) is 1.76. The van der Waals surface area contributed by atoms with E-state index in [0.29, 0.717) is 5.69 Å². The lowest BCUT2D eigenvalue weighted by atomic mass is 10.1. The van der Waals surface area contributed by atoms with Crippen molar-refractivity contribution in [3.05, 3.63) is 53.6 Å². The van der Waals surface area contributed by atoms with Gasteiger partial charge in [0.05, 0.1) is 11.3 Å². The molecule has 2 nitrogen and oxygen atoms in total. The third-order valence-electron chi connectivity index (χ3n) is 2.76. The molecule has 0 saturated heterocycles. The van der Waals surface area contributed by atoms with Gasteiger partial charge < -0.3 is 11.1 Å². The molecule has 0 aliphatic heterocycles. The standard InChI is InChI=1S/C14H13F3N2/c1-9-4-2-3-5-12(9)19-13-7-6-10(18)8-11(13)14(15,16)17/h2-8,19H,18H2,1H3. The summed E-state index contributed by atoms with van der Waals surface area (Å²) in [5.74, 6) is 0. The molecule has 19 heavy (non-hydrogen) atoms. The van der Waals surface area contributed by atoms with E-state index in [4.69, 9.17) is 5.73 Å². The third kappa shape index (κ3) is 2.99. The molecule has 2 aromatic rings. The average molecular weight is 266 g/mol. The molecular weight excluding hydrogens is 253 g/mol. The Bertz CT molecular complexity index is 591. The van der Waals surface area contributed by atoms with Crippen LogP contribution in [-0.4, -0.2) is 0 Å². The molecule has 0 heterocycles. The van der Waals surface area contributed by atoms with Crippen LogP contribution in [0.5, 0.6) is 0 Å². The van der Waals surface area contributed by atoms with E-state index in [-0.39, 0.29) is 11.4 Å². The first-order chi connectivity index (χ1) is 8.88. The highest BCUT2D eigenvalue weighted by molar-refractivity contribution is 5.68. The van der Waals surface area contributed by atoms with Crippen molar-refractivity contribution in [3.8, 4) is 0 Å². The summed E-state index contributed by atoms with van der Waals surface area (Å²) < 4.78 is 38.8. The van der Waals surface area contributed by atoms with Crippen LogP contribution >= 0.6 is 0 Å². The van der Waals surface area contributed by atoms with Crippen LogP contribution in [0.2, 0.25) is 0 Å². The number of hydrogen-bond donors (Lipinski definition) is 2. The van der Waals surface area contributed by atoms with Crippen LogP contribution in [0, 0.1) is 6.92 Å². The number of benzene rings is 2. The summed E-state index contributed by atoms with van der Waals surface area (Å²) in [6.07, 6.45) is -4.44. The Kier molecular flexibility index (Phi) is 3.38. The maximum atomic E-state index is 12.9. The predicted molar refractivity (Wildman–Crippen MR) is 70.3 cm³/mol. The van der Waals surface area contributed by atoms with Crippen LogP contribution in [0.25, 0.3) is 0 Å². The van der Waals surface area contributed by atoms with Crippen molar-refractivity contribution >= 4 is 17.1 Å². The molecule has 0 fully saturated rings. The van der Waals surface area contributed by atoms with Crippen LogP contribution < -0.4 is 11.1 Å². The summed E-state index contributed by atoms with van der Waals surface area (Å²) >= 11 is 0. The number of rotatable bonds is 2. The molecule has 0 bridgehead atoms. The Morgan fingerprint density at radius 3 is 2.32 bits per heavy atom.